The van der Waals surface area contributed by atoms with Gasteiger partial charge in [0.1, 0.15) is 4.88 Å². The Morgan fingerprint density at radius 3 is 3.38 bits per heavy atom. The number of nitrogens with zero attached hydrogens (tertiary/aromatic N) is 3. The number of aromatic nitrogens is 3. The average Bonchev–Trinajstić information content (AvgIpc) is 2.15. The molecule has 0 saturated heterocycles. The number of fused-ring (bicyclic) bond motifs is 1. The highest BCUT2D eigenvalue weighted by Crippen LogP contribution is 2.24. The molecule has 0 radical (unpaired) electrons. The molecule has 0 aromatic heterocycles. The van der Waals surface area contributed by atoms with E-state index in [0.717, 1.165) is 10.7 Å². The Morgan fingerprint density at radius 1 is 1.50 bits per heavy atom. The second-order valence-corrected chi connectivity index (χ2v) is 3.17. The molecule has 40 valence electrons. The van der Waals surface area contributed by atoms with Crippen LogP contribution in [0.4, 0.5) is 0 Å². The van der Waals surface area contributed by atoms with Crippen molar-refractivity contribution in [3.63, 3.8) is 0 Å². The molecule has 0 aromatic rings. The molecule has 0 unspecified atom stereocenters. The van der Waals surface area contributed by atoms with Crippen LogP contribution in [0.5, 0.6) is 0 Å². The molecule has 2 rings (SSSR count). The summed E-state index contributed by atoms with van der Waals surface area (Å²) in [5.74, 6) is 0.778. The van der Waals surface area contributed by atoms with E-state index < -0.39 is 0 Å². The Bertz CT molecular complexity index is 204. The number of hydrogen-bond acceptors (Lipinski definition) is 5. The molecule has 0 N–H and O–H groups in total. The quantitative estimate of drug-likeness (QED) is 0.518. The standard InChI is InChI=1S/C3HN3S2/c1-2-3(5-4-1)6-8-7-2/h1H. The van der Waals surface area contributed by atoms with Crippen molar-refractivity contribution in [1.82, 2.24) is 14.6 Å². The van der Waals surface area contributed by atoms with E-state index in [1.165, 1.54) is 10.5 Å². The van der Waals surface area contributed by atoms with Crippen molar-refractivity contribution in [2.24, 2.45) is 0 Å². The topological polar surface area (TPSA) is 38.7 Å². The van der Waals surface area contributed by atoms with Crippen LogP contribution in [0.15, 0.2) is 6.20 Å². The van der Waals surface area contributed by atoms with Gasteiger partial charge < -0.3 is 0 Å². The zero-order valence-corrected chi connectivity index (χ0v) is 5.37. The molecule has 0 aliphatic carbocycles. The van der Waals surface area contributed by atoms with E-state index >= 15 is 0 Å². The van der Waals surface area contributed by atoms with Crippen LogP contribution in [0.25, 0.3) is 10.7 Å². The van der Waals surface area contributed by atoms with Crippen molar-refractivity contribution in [1.29, 1.82) is 0 Å². The van der Waals surface area contributed by atoms with Crippen LogP contribution in [0.2, 0.25) is 0 Å². The van der Waals surface area contributed by atoms with Gasteiger partial charge in [0.15, 0.2) is 0 Å². The van der Waals surface area contributed by atoms with Crippen molar-refractivity contribution in [3.8, 4) is 10.7 Å². The van der Waals surface area contributed by atoms with E-state index in [4.69, 9.17) is 0 Å². The molecule has 2 aliphatic rings. The molecule has 2 aliphatic heterocycles. The molecular weight excluding hydrogens is 142 g/mol. The summed E-state index contributed by atoms with van der Waals surface area (Å²) in [5.41, 5.74) is 0. The molecule has 0 amide bonds. The second-order valence-electron chi connectivity index (χ2n) is 1.28. The SMILES string of the molecule is c1nnc2nssc1-2. The molecule has 0 bridgehead atoms. The maximum Gasteiger partial charge on any atom is 0.207 e. The zero-order chi connectivity index (χ0) is 5.40. The minimum absolute atomic E-state index is 0.778. The van der Waals surface area contributed by atoms with Crippen LogP contribution in [0.1, 0.15) is 0 Å². The third-order valence-corrected chi connectivity index (χ3v) is 2.57. The largest absolute Gasteiger partial charge is 0.207 e. The van der Waals surface area contributed by atoms with Gasteiger partial charge in [-0.2, -0.15) is 9.47 Å². The Hall–Kier alpha value is -0.550. The molecule has 8 heavy (non-hydrogen) atoms. The first-order valence-electron chi connectivity index (χ1n) is 2.00. The summed E-state index contributed by atoms with van der Waals surface area (Å²) in [6, 6.07) is 0. The van der Waals surface area contributed by atoms with E-state index in [-0.39, 0.29) is 0 Å². The number of hydrogen-bond donors (Lipinski definition) is 0. The molecule has 3 nitrogen and oxygen atoms in total. The summed E-state index contributed by atoms with van der Waals surface area (Å²) >= 11 is 0. The van der Waals surface area contributed by atoms with Gasteiger partial charge in [0.2, 0.25) is 5.82 Å². The first-order valence-corrected chi connectivity index (χ1v) is 4.10. The fourth-order valence-electron chi connectivity index (χ4n) is 0.459. The van der Waals surface area contributed by atoms with Crippen LogP contribution in [-0.4, -0.2) is 14.6 Å². The van der Waals surface area contributed by atoms with E-state index in [1.54, 1.807) is 16.5 Å². The predicted octanol–water partition coefficient (Wildman–Crippen LogP) is 1.10. The van der Waals surface area contributed by atoms with Gasteiger partial charge in [0.25, 0.3) is 0 Å². The third kappa shape index (κ3) is 0.452. The van der Waals surface area contributed by atoms with E-state index in [1.807, 2.05) is 0 Å². The summed E-state index contributed by atoms with van der Waals surface area (Å²) in [5, 5.41) is 7.40. The van der Waals surface area contributed by atoms with Gasteiger partial charge in [0, 0.05) is 10.5 Å². The first-order chi connectivity index (χ1) is 3.97. The Labute approximate surface area is 52.9 Å². The highest BCUT2D eigenvalue weighted by atomic mass is 32.9. The lowest BCUT2D eigenvalue weighted by molar-refractivity contribution is 1.08. The lowest BCUT2D eigenvalue weighted by Gasteiger charge is -1.68. The normalized spacial score (nSPS) is 10.5. The maximum atomic E-state index is 3.97. The van der Waals surface area contributed by atoms with Crippen LogP contribution in [0, 0.1) is 0 Å². The fraction of sp³-hybridized carbons (Fsp3) is 0. The smallest absolute Gasteiger partial charge is 0.159 e. The van der Waals surface area contributed by atoms with Gasteiger partial charge in [-0.05, 0) is 0 Å². The third-order valence-electron chi connectivity index (χ3n) is 0.799. The highest BCUT2D eigenvalue weighted by Gasteiger charge is 2.06. The molecule has 0 aromatic carbocycles. The molecule has 2 heterocycles. The van der Waals surface area contributed by atoms with Gasteiger partial charge >= 0.3 is 0 Å². The molecule has 0 atom stereocenters. The Balaban J connectivity index is 2.84. The van der Waals surface area contributed by atoms with Gasteiger partial charge in [-0.3, -0.25) is 0 Å². The second kappa shape index (κ2) is 1.46. The van der Waals surface area contributed by atoms with Gasteiger partial charge in [-0.15, -0.1) is 5.10 Å². The predicted molar refractivity (Wildman–Crippen MR) is 32.2 cm³/mol. The molecule has 5 heteroatoms. The van der Waals surface area contributed by atoms with Crippen molar-refractivity contribution in [3.05, 3.63) is 6.20 Å². The average molecular weight is 143 g/mol. The maximum absolute atomic E-state index is 3.97. The summed E-state index contributed by atoms with van der Waals surface area (Å²) in [6.07, 6.45) is 1.73. The van der Waals surface area contributed by atoms with Gasteiger partial charge in [0.05, 0.1) is 6.20 Å². The van der Waals surface area contributed by atoms with Gasteiger partial charge in [-0.25, -0.2) is 0 Å². The van der Waals surface area contributed by atoms with Crippen molar-refractivity contribution < 1.29 is 0 Å². The summed E-state index contributed by atoms with van der Waals surface area (Å²) in [6.45, 7) is 0. The van der Waals surface area contributed by atoms with Crippen LogP contribution >= 0.6 is 20.9 Å². The summed E-state index contributed by atoms with van der Waals surface area (Å²) in [7, 11) is 3.05. The lowest BCUT2D eigenvalue weighted by Crippen LogP contribution is -1.67. The summed E-state index contributed by atoms with van der Waals surface area (Å²) in [4.78, 5) is 1.08. The number of rotatable bonds is 0. The Morgan fingerprint density at radius 2 is 2.50 bits per heavy atom. The zero-order valence-electron chi connectivity index (χ0n) is 3.74. The van der Waals surface area contributed by atoms with Gasteiger partial charge in [-0.1, -0.05) is 10.3 Å². The van der Waals surface area contributed by atoms with E-state index in [2.05, 4.69) is 14.6 Å². The first kappa shape index (κ1) is 4.34. The van der Waals surface area contributed by atoms with Crippen molar-refractivity contribution in [2.75, 3.05) is 0 Å². The summed E-state index contributed by atoms with van der Waals surface area (Å²) < 4.78 is 3.97. The molecule has 0 saturated carbocycles. The van der Waals surface area contributed by atoms with Crippen molar-refractivity contribution >= 4 is 20.9 Å². The minimum atomic E-state index is 0.778. The van der Waals surface area contributed by atoms with Crippen molar-refractivity contribution in [2.45, 2.75) is 0 Å². The van der Waals surface area contributed by atoms with Crippen LogP contribution < -0.4 is 0 Å². The van der Waals surface area contributed by atoms with E-state index in [0.29, 0.717) is 0 Å². The van der Waals surface area contributed by atoms with Crippen LogP contribution in [0.3, 0.4) is 0 Å². The highest BCUT2D eigenvalue weighted by molar-refractivity contribution is 7.68. The fourth-order valence-corrected chi connectivity index (χ4v) is 2.01. The minimum Gasteiger partial charge on any atom is -0.159 e. The molecule has 0 spiro atoms. The monoisotopic (exact) mass is 143 g/mol. The van der Waals surface area contributed by atoms with Crippen LogP contribution in [-0.2, 0) is 0 Å². The molecular formula is C3HN3S2. The Kier molecular flexibility index (Phi) is 0.793. The molecule has 0 fully saturated rings. The van der Waals surface area contributed by atoms with E-state index in [9.17, 15) is 0 Å². The lowest BCUT2D eigenvalue weighted by atomic mass is 10.6.